The lowest BCUT2D eigenvalue weighted by atomic mass is 9.98. The largest absolute Gasteiger partial charge is 0.495 e. The number of likely N-dealkylation sites (N-methyl/N-ethyl adjacent to an activating group) is 1. The summed E-state index contributed by atoms with van der Waals surface area (Å²) in [6, 6.07) is 14.3. The van der Waals surface area contributed by atoms with Crippen molar-refractivity contribution in [2.24, 2.45) is 0 Å². The number of hydrogen-bond acceptors (Lipinski definition) is 8. The predicted molar refractivity (Wildman–Crippen MR) is 161 cm³/mol. The SMILES string of the molecule is CCC(C(=O)Cc1ccc(C(=O)OCCN2CCN(C)CC2)cc1)n1cc(OC)c(-c2cc(Cl)ccc2C#N)cc1=O. The zero-order valence-corrected chi connectivity index (χ0v) is 24.9. The van der Waals surface area contributed by atoms with Gasteiger partial charge in [-0.2, -0.15) is 5.26 Å². The average molecular weight is 591 g/mol. The van der Waals surface area contributed by atoms with Gasteiger partial charge in [0.25, 0.3) is 5.56 Å². The fraction of sp³-hybridized carbons (Fsp3) is 0.375. The minimum atomic E-state index is -0.727. The van der Waals surface area contributed by atoms with Gasteiger partial charge < -0.3 is 18.9 Å². The molecule has 2 heterocycles. The van der Waals surface area contributed by atoms with Gasteiger partial charge in [0.05, 0.1) is 36.5 Å². The van der Waals surface area contributed by atoms with Crippen molar-refractivity contribution in [3.8, 4) is 22.9 Å². The first-order valence-corrected chi connectivity index (χ1v) is 14.3. The van der Waals surface area contributed by atoms with Crippen molar-refractivity contribution < 1.29 is 19.1 Å². The number of carbonyl (C=O) groups excluding carboxylic acids is 2. The van der Waals surface area contributed by atoms with Crippen LogP contribution in [-0.4, -0.2) is 79.6 Å². The number of hydrogen-bond donors (Lipinski definition) is 0. The molecule has 42 heavy (non-hydrogen) atoms. The van der Waals surface area contributed by atoms with Crippen LogP contribution in [0.25, 0.3) is 11.1 Å². The Kier molecular flexibility index (Phi) is 10.5. The highest BCUT2D eigenvalue weighted by Gasteiger charge is 2.23. The zero-order chi connectivity index (χ0) is 30.2. The Morgan fingerprint density at radius 1 is 1.05 bits per heavy atom. The van der Waals surface area contributed by atoms with Crippen molar-refractivity contribution >= 4 is 23.4 Å². The maximum Gasteiger partial charge on any atom is 0.338 e. The number of aromatic nitrogens is 1. The first kappa shape index (κ1) is 31.0. The Hall–Kier alpha value is -3.97. The van der Waals surface area contributed by atoms with Crippen LogP contribution in [0.1, 0.15) is 40.9 Å². The molecule has 10 heteroatoms. The monoisotopic (exact) mass is 590 g/mol. The van der Waals surface area contributed by atoms with E-state index in [1.807, 2.05) is 6.92 Å². The molecule has 1 atom stereocenters. The number of nitriles is 1. The van der Waals surface area contributed by atoms with Crippen LogP contribution in [0.5, 0.6) is 5.75 Å². The van der Waals surface area contributed by atoms with Crippen LogP contribution < -0.4 is 10.3 Å². The van der Waals surface area contributed by atoms with Crippen molar-refractivity contribution in [3.63, 3.8) is 0 Å². The van der Waals surface area contributed by atoms with E-state index in [4.69, 9.17) is 21.1 Å². The number of methoxy groups -OCH3 is 1. The number of halogens is 1. The second-order valence-electron chi connectivity index (χ2n) is 10.3. The molecule has 9 nitrogen and oxygen atoms in total. The van der Waals surface area contributed by atoms with E-state index in [0.717, 1.165) is 31.7 Å². The van der Waals surface area contributed by atoms with E-state index >= 15 is 0 Å². The number of rotatable bonds is 11. The fourth-order valence-corrected chi connectivity index (χ4v) is 5.23. The van der Waals surface area contributed by atoms with Crippen LogP contribution in [0, 0.1) is 11.3 Å². The van der Waals surface area contributed by atoms with Crippen LogP contribution in [0.2, 0.25) is 5.02 Å². The van der Waals surface area contributed by atoms with Gasteiger partial charge in [0.2, 0.25) is 0 Å². The number of benzene rings is 2. The molecule has 1 aromatic heterocycles. The number of esters is 1. The number of ether oxygens (including phenoxy) is 2. The van der Waals surface area contributed by atoms with Crippen molar-refractivity contribution in [1.29, 1.82) is 5.26 Å². The lowest BCUT2D eigenvalue weighted by Crippen LogP contribution is -2.45. The molecule has 4 rings (SSSR count). The number of ketones is 1. The number of piperazine rings is 1. The van der Waals surface area contributed by atoms with Gasteiger partial charge >= 0.3 is 5.97 Å². The molecule has 220 valence electrons. The summed E-state index contributed by atoms with van der Waals surface area (Å²) in [5.74, 6) is -0.209. The second kappa shape index (κ2) is 14.3. The van der Waals surface area contributed by atoms with Crippen LogP contribution in [0.4, 0.5) is 0 Å². The lowest BCUT2D eigenvalue weighted by molar-refractivity contribution is -0.121. The Morgan fingerprint density at radius 2 is 1.76 bits per heavy atom. The highest BCUT2D eigenvalue weighted by atomic mass is 35.5. The molecule has 0 amide bonds. The van der Waals surface area contributed by atoms with E-state index in [-0.39, 0.29) is 12.2 Å². The van der Waals surface area contributed by atoms with Crippen molar-refractivity contribution in [1.82, 2.24) is 14.4 Å². The van der Waals surface area contributed by atoms with E-state index in [0.29, 0.717) is 52.6 Å². The molecule has 0 N–H and O–H groups in total. The normalized spacial score (nSPS) is 14.6. The first-order chi connectivity index (χ1) is 20.2. The molecule has 1 fully saturated rings. The predicted octanol–water partition coefficient (Wildman–Crippen LogP) is 4.22. The van der Waals surface area contributed by atoms with E-state index in [1.165, 1.54) is 23.9 Å². The first-order valence-electron chi connectivity index (χ1n) is 13.9. The molecular formula is C32H35ClN4O5. The third-order valence-corrected chi connectivity index (χ3v) is 7.79. The third-order valence-electron chi connectivity index (χ3n) is 7.55. The van der Waals surface area contributed by atoms with Gasteiger partial charge in [0, 0.05) is 61.4 Å². The molecule has 2 aromatic carbocycles. The highest BCUT2D eigenvalue weighted by Crippen LogP contribution is 2.33. The van der Waals surface area contributed by atoms with Crippen LogP contribution in [-0.2, 0) is 16.0 Å². The average Bonchev–Trinajstić information content (AvgIpc) is 2.99. The molecule has 0 radical (unpaired) electrons. The summed E-state index contributed by atoms with van der Waals surface area (Å²) >= 11 is 6.16. The number of carbonyl (C=O) groups is 2. The van der Waals surface area contributed by atoms with Gasteiger partial charge in [-0.25, -0.2) is 4.79 Å². The van der Waals surface area contributed by atoms with Crippen molar-refractivity contribution in [2.45, 2.75) is 25.8 Å². The molecule has 0 bridgehead atoms. The van der Waals surface area contributed by atoms with Gasteiger partial charge in [0.15, 0.2) is 5.78 Å². The van der Waals surface area contributed by atoms with E-state index < -0.39 is 17.6 Å². The summed E-state index contributed by atoms with van der Waals surface area (Å²) in [5.41, 5.74) is 1.99. The summed E-state index contributed by atoms with van der Waals surface area (Å²) < 4.78 is 12.4. The van der Waals surface area contributed by atoms with Gasteiger partial charge in [0.1, 0.15) is 12.4 Å². The molecule has 3 aromatic rings. The lowest BCUT2D eigenvalue weighted by Gasteiger charge is -2.32. The van der Waals surface area contributed by atoms with E-state index in [1.54, 1.807) is 42.5 Å². The minimum Gasteiger partial charge on any atom is -0.495 e. The Balaban J connectivity index is 1.43. The van der Waals surface area contributed by atoms with E-state index in [2.05, 4.69) is 22.9 Å². The summed E-state index contributed by atoms with van der Waals surface area (Å²) in [6.07, 6.45) is 1.98. The van der Waals surface area contributed by atoms with Gasteiger partial charge in [-0.05, 0) is 49.4 Å². The number of pyridine rings is 1. The third kappa shape index (κ3) is 7.45. The second-order valence-corrected chi connectivity index (χ2v) is 10.8. The minimum absolute atomic E-state index is 0.0839. The summed E-state index contributed by atoms with van der Waals surface area (Å²) in [6.45, 7) is 6.80. The van der Waals surface area contributed by atoms with Gasteiger partial charge in [-0.3, -0.25) is 14.5 Å². The zero-order valence-electron chi connectivity index (χ0n) is 24.1. The molecule has 1 saturated heterocycles. The topological polar surface area (TPSA) is 105 Å². The summed E-state index contributed by atoms with van der Waals surface area (Å²) in [5, 5.41) is 9.97. The smallest absolute Gasteiger partial charge is 0.338 e. The van der Waals surface area contributed by atoms with Gasteiger partial charge in [-0.15, -0.1) is 0 Å². The van der Waals surface area contributed by atoms with Crippen molar-refractivity contribution in [2.75, 3.05) is 53.5 Å². The highest BCUT2D eigenvalue weighted by molar-refractivity contribution is 6.31. The quantitative estimate of drug-likeness (QED) is 0.306. The number of Topliss-reactive ketones (excluding diaryl/α,β-unsaturated/α-hetero) is 1. The number of nitrogens with zero attached hydrogens (tertiary/aromatic N) is 4. The molecule has 0 spiro atoms. The Labute approximate surface area is 250 Å². The summed E-state index contributed by atoms with van der Waals surface area (Å²) in [4.78, 5) is 43.7. The molecular weight excluding hydrogens is 556 g/mol. The van der Waals surface area contributed by atoms with Crippen LogP contribution in [0.15, 0.2) is 59.5 Å². The van der Waals surface area contributed by atoms with Crippen molar-refractivity contribution in [3.05, 3.63) is 86.8 Å². The van der Waals surface area contributed by atoms with Crippen LogP contribution >= 0.6 is 11.6 Å². The standard InChI is InChI=1S/C32H35ClN4O5/c1-4-28(37-21-30(41-3)27(19-31(37)39)26-18-25(33)10-9-24(26)20-34)29(38)17-22-5-7-23(8-6-22)32(40)42-16-15-36-13-11-35(2)12-14-36/h5-10,18-19,21,28H,4,11-17H2,1-3H3. The molecule has 1 unspecified atom stereocenters. The Morgan fingerprint density at radius 3 is 2.40 bits per heavy atom. The molecule has 0 saturated carbocycles. The van der Waals surface area contributed by atoms with E-state index in [9.17, 15) is 19.6 Å². The maximum atomic E-state index is 13.4. The fourth-order valence-electron chi connectivity index (χ4n) is 5.06. The molecule has 1 aliphatic rings. The maximum absolute atomic E-state index is 13.4. The van der Waals surface area contributed by atoms with Crippen LogP contribution in [0.3, 0.4) is 0 Å². The van der Waals surface area contributed by atoms with Gasteiger partial charge in [-0.1, -0.05) is 30.7 Å². The molecule has 0 aliphatic carbocycles. The molecule has 1 aliphatic heterocycles. The summed E-state index contributed by atoms with van der Waals surface area (Å²) in [7, 11) is 3.56. The Bertz CT molecular complexity index is 1520.